The molecule has 2 N–H and O–H groups in total. The van der Waals surface area contributed by atoms with Gasteiger partial charge in [0.05, 0.1) is 10.6 Å². The van der Waals surface area contributed by atoms with Gasteiger partial charge in [-0.05, 0) is 42.5 Å². The van der Waals surface area contributed by atoms with E-state index in [1.54, 1.807) is 0 Å². The Labute approximate surface area is 140 Å². The minimum atomic E-state index is -4.61. The van der Waals surface area contributed by atoms with Crippen molar-refractivity contribution in [1.82, 2.24) is 0 Å². The molecule has 0 unspecified atom stereocenters. The van der Waals surface area contributed by atoms with Gasteiger partial charge in [0.15, 0.2) is 0 Å². The van der Waals surface area contributed by atoms with Crippen LogP contribution in [0.3, 0.4) is 0 Å². The van der Waals surface area contributed by atoms with E-state index in [9.17, 15) is 22.8 Å². The van der Waals surface area contributed by atoms with Crippen molar-refractivity contribution in [2.45, 2.75) is 13.1 Å². The largest absolute Gasteiger partial charge is 0.417 e. The van der Waals surface area contributed by atoms with Crippen LogP contribution in [0.4, 0.5) is 24.5 Å². The molecule has 0 saturated carbocycles. The average molecular weight is 357 g/mol. The first-order valence-electron chi connectivity index (χ1n) is 6.72. The average Bonchev–Trinajstić information content (AvgIpc) is 2.48. The second-order valence-corrected chi connectivity index (χ2v) is 5.31. The summed E-state index contributed by atoms with van der Waals surface area (Å²) in [5.41, 5.74) is -0.317. The topological polar surface area (TPSA) is 58.2 Å². The summed E-state index contributed by atoms with van der Waals surface area (Å²) in [6.07, 6.45) is -4.61. The quantitative estimate of drug-likeness (QED) is 0.846. The SMILES string of the molecule is CC(=O)Nc1ccc(C(=O)Nc2ccc(Cl)c(C(F)(F)F)c2)cc1. The zero-order chi connectivity index (χ0) is 17.9. The maximum atomic E-state index is 12.8. The molecule has 0 radical (unpaired) electrons. The molecule has 8 heteroatoms. The summed E-state index contributed by atoms with van der Waals surface area (Å²) in [6, 6.07) is 9.04. The molecule has 0 aliphatic carbocycles. The maximum Gasteiger partial charge on any atom is 0.417 e. The van der Waals surface area contributed by atoms with E-state index in [1.165, 1.54) is 37.3 Å². The van der Waals surface area contributed by atoms with E-state index in [2.05, 4.69) is 10.6 Å². The molecule has 0 heterocycles. The molecule has 0 aliphatic rings. The summed E-state index contributed by atoms with van der Waals surface area (Å²) >= 11 is 5.53. The lowest BCUT2D eigenvalue weighted by Crippen LogP contribution is -2.13. The van der Waals surface area contributed by atoms with E-state index in [0.29, 0.717) is 5.69 Å². The summed E-state index contributed by atoms with van der Waals surface area (Å²) in [7, 11) is 0. The summed E-state index contributed by atoms with van der Waals surface area (Å²) in [4.78, 5) is 23.0. The third-order valence-corrected chi connectivity index (χ3v) is 3.33. The van der Waals surface area contributed by atoms with Crippen LogP contribution in [-0.2, 0) is 11.0 Å². The fourth-order valence-electron chi connectivity index (χ4n) is 1.93. The number of alkyl halides is 3. The van der Waals surface area contributed by atoms with Gasteiger partial charge in [0, 0.05) is 23.9 Å². The number of halogens is 4. The molecule has 2 aromatic carbocycles. The Morgan fingerprint density at radius 2 is 1.54 bits per heavy atom. The van der Waals surface area contributed by atoms with Gasteiger partial charge in [-0.2, -0.15) is 13.2 Å². The van der Waals surface area contributed by atoms with Gasteiger partial charge < -0.3 is 10.6 Å². The van der Waals surface area contributed by atoms with Gasteiger partial charge >= 0.3 is 6.18 Å². The standard InChI is InChI=1S/C16H12ClF3N2O2/c1-9(23)21-11-4-2-10(3-5-11)15(24)22-12-6-7-14(17)13(8-12)16(18,19)20/h2-8H,1H3,(H,21,23)(H,22,24). The minimum absolute atomic E-state index is 0.0253. The zero-order valence-electron chi connectivity index (χ0n) is 12.4. The molecule has 0 aromatic heterocycles. The molecule has 24 heavy (non-hydrogen) atoms. The van der Waals surface area contributed by atoms with Crippen molar-refractivity contribution in [3.63, 3.8) is 0 Å². The number of nitrogens with one attached hydrogen (secondary N) is 2. The Morgan fingerprint density at radius 1 is 0.958 bits per heavy atom. The van der Waals surface area contributed by atoms with Gasteiger partial charge in [0.1, 0.15) is 0 Å². The normalized spacial score (nSPS) is 11.0. The van der Waals surface area contributed by atoms with Gasteiger partial charge in [0.2, 0.25) is 5.91 Å². The van der Waals surface area contributed by atoms with Gasteiger partial charge in [-0.1, -0.05) is 11.6 Å². The lowest BCUT2D eigenvalue weighted by atomic mass is 10.1. The second kappa shape index (κ2) is 6.92. The predicted octanol–water partition coefficient (Wildman–Crippen LogP) is 4.57. The Bertz CT molecular complexity index is 774. The van der Waals surface area contributed by atoms with Crippen LogP contribution in [0.1, 0.15) is 22.8 Å². The first-order valence-corrected chi connectivity index (χ1v) is 7.10. The van der Waals surface area contributed by atoms with Crippen LogP contribution in [-0.4, -0.2) is 11.8 Å². The molecule has 0 aliphatic heterocycles. The number of anilines is 2. The van der Waals surface area contributed by atoms with Gasteiger partial charge in [0.25, 0.3) is 5.91 Å². The third kappa shape index (κ3) is 4.48. The van der Waals surface area contributed by atoms with Gasteiger partial charge in [-0.25, -0.2) is 0 Å². The van der Waals surface area contributed by atoms with Crippen LogP contribution < -0.4 is 10.6 Å². The number of hydrogen-bond donors (Lipinski definition) is 2. The van der Waals surface area contributed by atoms with Crippen LogP contribution in [0.2, 0.25) is 5.02 Å². The summed E-state index contributed by atoms with van der Waals surface area (Å²) in [5.74, 6) is -0.840. The molecule has 0 saturated heterocycles. The van der Waals surface area contributed by atoms with E-state index in [-0.39, 0.29) is 17.2 Å². The summed E-state index contributed by atoms with van der Waals surface area (Å²) < 4.78 is 38.4. The maximum absolute atomic E-state index is 12.8. The highest BCUT2D eigenvalue weighted by Gasteiger charge is 2.33. The smallest absolute Gasteiger partial charge is 0.326 e. The van der Waals surface area contributed by atoms with Gasteiger partial charge in [-0.15, -0.1) is 0 Å². The highest BCUT2D eigenvalue weighted by Crippen LogP contribution is 2.36. The molecule has 4 nitrogen and oxygen atoms in total. The zero-order valence-corrected chi connectivity index (χ0v) is 13.1. The first-order chi connectivity index (χ1) is 11.2. The predicted molar refractivity (Wildman–Crippen MR) is 85.2 cm³/mol. The van der Waals surface area contributed by atoms with E-state index >= 15 is 0 Å². The third-order valence-electron chi connectivity index (χ3n) is 3.00. The lowest BCUT2D eigenvalue weighted by Gasteiger charge is -2.12. The Balaban J connectivity index is 2.16. The highest BCUT2D eigenvalue weighted by molar-refractivity contribution is 6.31. The molecule has 126 valence electrons. The minimum Gasteiger partial charge on any atom is -0.326 e. The van der Waals surface area contributed by atoms with Crippen molar-refractivity contribution < 1.29 is 22.8 Å². The first kappa shape index (κ1) is 17.8. The van der Waals surface area contributed by atoms with Crippen LogP contribution in [0.15, 0.2) is 42.5 Å². The number of hydrogen-bond acceptors (Lipinski definition) is 2. The fraction of sp³-hybridized carbons (Fsp3) is 0.125. The second-order valence-electron chi connectivity index (χ2n) is 4.91. The number of rotatable bonds is 3. The van der Waals surface area contributed by atoms with Crippen LogP contribution in [0.25, 0.3) is 0 Å². The van der Waals surface area contributed by atoms with Crippen LogP contribution >= 0.6 is 11.6 Å². The molecule has 0 bridgehead atoms. The Kier molecular flexibility index (Phi) is 5.14. The van der Waals surface area contributed by atoms with Gasteiger partial charge in [-0.3, -0.25) is 9.59 Å². The number of amides is 2. The monoisotopic (exact) mass is 356 g/mol. The molecule has 0 spiro atoms. The van der Waals surface area contributed by atoms with E-state index in [4.69, 9.17) is 11.6 Å². The number of carbonyl (C=O) groups excluding carboxylic acids is 2. The van der Waals surface area contributed by atoms with Crippen LogP contribution in [0.5, 0.6) is 0 Å². The Hall–Kier alpha value is -2.54. The van der Waals surface area contributed by atoms with Crippen molar-refractivity contribution in [3.8, 4) is 0 Å². The van der Waals surface area contributed by atoms with Crippen LogP contribution in [0, 0.1) is 0 Å². The fourth-order valence-corrected chi connectivity index (χ4v) is 2.16. The number of carbonyl (C=O) groups is 2. The summed E-state index contributed by atoms with van der Waals surface area (Å²) in [6.45, 7) is 1.35. The van der Waals surface area contributed by atoms with E-state index in [0.717, 1.165) is 12.1 Å². The van der Waals surface area contributed by atoms with Crippen molar-refractivity contribution in [2.75, 3.05) is 10.6 Å². The molecule has 0 fully saturated rings. The van der Waals surface area contributed by atoms with E-state index in [1.807, 2.05) is 0 Å². The van der Waals surface area contributed by atoms with Crippen molar-refractivity contribution in [3.05, 3.63) is 58.6 Å². The molecule has 2 rings (SSSR count). The molecule has 2 amide bonds. The number of benzene rings is 2. The summed E-state index contributed by atoms with van der Waals surface area (Å²) in [5, 5.41) is 4.47. The molecular weight excluding hydrogens is 345 g/mol. The van der Waals surface area contributed by atoms with Crippen molar-refractivity contribution in [1.29, 1.82) is 0 Å². The molecule has 2 aromatic rings. The molecular formula is C16H12ClF3N2O2. The lowest BCUT2D eigenvalue weighted by molar-refractivity contribution is -0.137. The van der Waals surface area contributed by atoms with E-state index < -0.39 is 22.7 Å². The van der Waals surface area contributed by atoms with Crippen molar-refractivity contribution >= 4 is 34.8 Å². The van der Waals surface area contributed by atoms with Crippen molar-refractivity contribution in [2.24, 2.45) is 0 Å². The molecule has 0 atom stereocenters. The highest BCUT2D eigenvalue weighted by atomic mass is 35.5. The Morgan fingerprint density at radius 3 is 2.08 bits per heavy atom.